The SMILES string of the molecule is O=C(NCCCn1ccnc1)N1CCC[C@@H]1c1cccs1. The normalized spacial score (nSPS) is 18.1. The molecule has 0 radical (unpaired) electrons. The highest BCUT2D eigenvalue weighted by molar-refractivity contribution is 7.10. The minimum absolute atomic E-state index is 0.0662. The van der Waals surface area contributed by atoms with E-state index in [0.717, 1.165) is 32.4 Å². The first kappa shape index (κ1) is 14.1. The highest BCUT2D eigenvalue weighted by atomic mass is 32.1. The number of amides is 2. The van der Waals surface area contributed by atoms with Gasteiger partial charge in [0, 0.05) is 36.9 Å². The van der Waals surface area contributed by atoms with E-state index >= 15 is 0 Å². The van der Waals surface area contributed by atoms with Crippen LogP contribution in [0, 0.1) is 0 Å². The van der Waals surface area contributed by atoms with Crippen LogP contribution in [0.5, 0.6) is 0 Å². The number of likely N-dealkylation sites (tertiary alicyclic amines) is 1. The molecule has 112 valence electrons. The number of urea groups is 1. The molecule has 1 fully saturated rings. The Morgan fingerprint density at radius 2 is 2.48 bits per heavy atom. The number of imidazole rings is 1. The van der Waals surface area contributed by atoms with Gasteiger partial charge in [0.1, 0.15) is 0 Å². The molecule has 3 rings (SSSR count). The number of hydrogen-bond acceptors (Lipinski definition) is 3. The standard InChI is InChI=1S/C15H20N4OS/c20-15(17-6-3-8-18-10-7-16-12-18)19-9-1-4-13(19)14-5-2-11-21-14/h2,5,7,10-13H,1,3-4,6,8-9H2,(H,17,20)/t13-/m1/s1. The van der Waals surface area contributed by atoms with E-state index in [1.54, 1.807) is 23.9 Å². The Morgan fingerprint density at radius 3 is 3.24 bits per heavy atom. The Kier molecular flexibility index (Phi) is 4.55. The van der Waals surface area contributed by atoms with Crippen LogP contribution in [0.25, 0.3) is 0 Å². The van der Waals surface area contributed by atoms with Crippen molar-refractivity contribution in [3.63, 3.8) is 0 Å². The maximum Gasteiger partial charge on any atom is 0.317 e. The lowest BCUT2D eigenvalue weighted by atomic mass is 10.2. The van der Waals surface area contributed by atoms with Gasteiger partial charge in [-0.15, -0.1) is 11.3 Å². The summed E-state index contributed by atoms with van der Waals surface area (Å²) in [6, 6.07) is 4.51. The van der Waals surface area contributed by atoms with Crippen LogP contribution in [0.2, 0.25) is 0 Å². The molecule has 2 aromatic heterocycles. The van der Waals surface area contributed by atoms with Crippen molar-refractivity contribution in [2.45, 2.75) is 31.8 Å². The first-order valence-corrected chi connectivity index (χ1v) is 8.26. The quantitative estimate of drug-likeness (QED) is 0.864. The second kappa shape index (κ2) is 6.76. The molecule has 0 bridgehead atoms. The van der Waals surface area contributed by atoms with Gasteiger partial charge in [0.2, 0.25) is 0 Å². The van der Waals surface area contributed by atoms with Gasteiger partial charge in [-0.05, 0) is 30.7 Å². The number of carbonyl (C=O) groups excluding carboxylic acids is 1. The molecule has 1 atom stereocenters. The molecule has 2 amide bonds. The zero-order valence-electron chi connectivity index (χ0n) is 11.9. The van der Waals surface area contributed by atoms with Crippen molar-refractivity contribution < 1.29 is 4.79 Å². The third kappa shape index (κ3) is 3.44. The van der Waals surface area contributed by atoms with Gasteiger partial charge < -0.3 is 14.8 Å². The van der Waals surface area contributed by atoms with Gasteiger partial charge in [-0.3, -0.25) is 0 Å². The van der Waals surface area contributed by atoms with Gasteiger partial charge in [-0.1, -0.05) is 6.07 Å². The summed E-state index contributed by atoms with van der Waals surface area (Å²) >= 11 is 1.74. The number of carbonyl (C=O) groups is 1. The van der Waals surface area contributed by atoms with E-state index < -0.39 is 0 Å². The van der Waals surface area contributed by atoms with E-state index in [1.165, 1.54) is 4.88 Å². The fraction of sp³-hybridized carbons (Fsp3) is 0.467. The molecule has 2 aromatic rings. The first-order chi connectivity index (χ1) is 10.3. The van der Waals surface area contributed by atoms with Crippen LogP contribution in [0.15, 0.2) is 36.2 Å². The lowest BCUT2D eigenvalue weighted by molar-refractivity contribution is 0.193. The average molecular weight is 304 g/mol. The highest BCUT2D eigenvalue weighted by Crippen LogP contribution is 2.34. The van der Waals surface area contributed by atoms with E-state index in [-0.39, 0.29) is 12.1 Å². The molecule has 0 unspecified atom stereocenters. The summed E-state index contributed by atoms with van der Waals surface area (Å²) in [7, 11) is 0. The van der Waals surface area contributed by atoms with Crippen LogP contribution in [0.3, 0.4) is 0 Å². The van der Waals surface area contributed by atoms with Gasteiger partial charge >= 0.3 is 6.03 Å². The maximum atomic E-state index is 12.3. The Bertz CT molecular complexity index is 552. The molecular formula is C15H20N4OS. The van der Waals surface area contributed by atoms with Gasteiger partial charge in [0.25, 0.3) is 0 Å². The summed E-state index contributed by atoms with van der Waals surface area (Å²) in [6.07, 6.45) is 8.59. The lowest BCUT2D eigenvalue weighted by Crippen LogP contribution is -2.39. The Labute approximate surface area is 128 Å². The van der Waals surface area contributed by atoms with E-state index in [0.29, 0.717) is 6.54 Å². The van der Waals surface area contributed by atoms with Crippen LogP contribution in [-0.4, -0.2) is 33.6 Å². The zero-order valence-corrected chi connectivity index (χ0v) is 12.8. The predicted octanol–water partition coefficient (Wildman–Crippen LogP) is 2.88. The Hall–Kier alpha value is -1.82. The number of nitrogens with one attached hydrogen (secondary N) is 1. The summed E-state index contributed by atoms with van der Waals surface area (Å²) in [5.74, 6) is 0. The minimum Gasteiger partial charge on any atom is -0.338 e. The first-order valence-electron chi connectivity index (χ1n) is 7.38. The third-order valence-electron chi connectivity index (χ3n) is 3.81. The minimum atomic E-state index is 0.0662. The Balaban J connectivity index is 1.46. The summed E-state index contributed by atoms with van der Waals surface area (Å²) in [5.41, 5.74) is 0. The molecule has 1 aliphatic rings. The van der Waals surface area contributed by atoms with Crippen molar-refractivity contribution in [2.75, 3.05) is 13.1 Å². The molecule has 3 heterocycles. The van der Waals surface area contributed by atoms with Gasteiger partial charge in [0.15, 0.2) is 0 Å². The van der Waals surface area contributed by atoms with Crippen molar-refractivity contribution in [1.29, 1.82) is 0 Å². The average Bonchev–Trinajstić information content (AvgIpc) is 3.24. The van der Waals surface area contributed by atoms with Gasteiger partial charge in [0.05, 0.1) is 12.4 Å². The van der Waals surface area contributed by atoms with E-state index in [9.17, 15) is 4.79 Å². The smallest absolute Gasteiger partial charge is 0.317 e. The van der Waals surface area contributed by atoms with E-state index in [1.807, 2.05) is 15.7 Å². The molecule has 21 heavy (non-hydrogen) atoms. The molecule has 1 N–H and O–H groups in total. The largest absolute Gasteiger partial charge is 0.338 e. The number of hydrogen-bond donors (Lipinski definition) is 1. The topological polar surface area (TPSA) is 50.2 Å². The highest BCUT2D eigenvalue weighted by Gasteiger charge is 2.30. The maximum absolute atomic E-state index is 12.3. The van der Waals surface area contributed by atoms with E-state index in [4.69, 9.17) is 0 Å². The van der Waals surface area contributed by atoms with Crippen LogP contribution in [-0.2, 0) is 6.54 Å². The molecule has 6 heteroatoms. The molecule has 0 aliphatic carbocycles. The van der Waals surface area contributed by atoms with Crippen molar-refractivity contribution in [3.8, 4) is 0 Å². The Morgan fingerprint density at radius 1 is 1.52 bits per heavy atom. The van der Waals surface area contributed by atoms with Gasteiger partial charge in [-0.2, -0.15) is 0 Å². The van der Waals surface area contributed by atoms with Crippen molar-refractivity contribution >= 4 is 17.4 Å². The van der Waals surface area contributed by atoms with Gasteiger partial charge in [-0.25, -0.2) is 9.78 Å². The van der Waals surface area contributed by atoms with Crippen LogP contribution in [0.1, 0.15) is 30.2 Å². The monoisotopic (exact) mass is 304 g/mol. The summed E-state index contributed by atoms with van der Waals surface area (Å²) in [6.45, 7) is 2.44. The summed E-state index contributed by atoms with van der Waals surface area (Å²) in [4.78, 5) is 19.6. The molecule has 5 nitrogen and oxygen atoms in total. The number of aromatic nitrogens is 2. The van der Waals surface area contributed by atoms with Crippen LogP contribution in [0.4, 0.5) is 4.79 Å². The number of nitrogens with zero attached hydrogens (tertiary/aromatic N) is 3. The summed E-state index contributed by atoms with van der Waals surface area (Å²) < 4.78 is 2.02. The number of rotatable bonds is 5. The molecule has 1 aliphatic heterocycles. The molecule has 0 aromatic carbocycles. The molecule has 0 spiro atoms. The van der Waals surface area contributed by atoms with E-state index in [2.05, 4.69) is 27.8 Å². The van der Waals surface area contributed by atoms with Crippen LogP contribution < -0.4 is 5.32 Å². The molecule has 1 saturated heterocycles. The number of aryl methyl sites for hydroxylation is 1. The molecule has 0 saturated carbocycles. The lowest BCUT2D eigenvalue weighted by Gasteiger charge is -2.24. The fourth-order valence-electron chi connectivity index (χ4n) is 2.76. The fourth-order valence-corrected chi connectivity index (χ4v) is 3.64. The summed E-state index contributed by atoms with van der Waals surface area (Å²) in [5, 5.41) is 5.12. The van der Waals surface area contributed by atoms with Crippen LogP contribution >= 0.6 is 11.3 Å². The van der Waals surface area contributed by atoms with Crippen molar-refractivity contribution in [3.05, 3.63) is 41.1 Å². The van der Waals surface area contributed by atoms with Crippen molar-refractivity contribution in [2.24, 2.45) is 0 Å². The van der Waals surface area contributed by atoms with Crippen molar-refractivity contribution in [1.82, 2.24) is 19.8 Å². The third-order valence-corrected chi connectivity index (χ3v) is 4.79. The second-order valence-electron chi connectivity index (χ2n) is 5.25. The predicted molar refractivity (Wildman–Crippen MR) is 83.2 cm³/mol. The zero-order chi connectivity index (χ0) is 14.5. The number of thiophene rings is 1. The molecular weight excluding hydrogens is 284 g/mol. The second-order valence-corrected chi connectivity index (χ2v) is 6.23.